The summed E-state index contributed by atoms with van der Waals surface area (Å²) in [6, 6.07) is 8.43. The summed E-state index contributed by atoms with van der Waals surface area (Å²) in [5.41, 5.74) is 0.360. The second-order valence-electron chi connectivity index (χ2n) is 6.25. The maximum Gasteiger partial charge on any atom is 0.335 e. The summed E-state index contributed by atoms with van der Waals surface area (Å²) >= 11 is 1.08. The molecule has 2 aromatic carbocycles. The third-order valence-electron chi connectivity index (χ3n) is 4.33. The van der Waals surface area contributed by atoms with Crippen LogP contribution in [0.3, 0.4) is 0 Å². The molecule has 2 N–H and O–H groups in total. The molecule has 1 fully saturated rings. The minimum Gasteiger partial charge on any atom is -0.500 e. The molecule has 1 saturated heterocycles. The number of thioether (sulfide) groups is 1. The number of rotatable bonds is 6. The van der Waals surface area contributed by atoms with Crippen molar-refractivity contribution >= 4 is 46.3 Å². The molecule has 1 amide bonds. The number of hydrogen-bond donors (Lipinski definition) is 2. The van der Waals surface area contributed by atoms with Crippen molar-refractivity contribution in [3.05, 3.63) is 62.5 Å². The second-order valence-corrected chi connectivity index (χ2v) is 7.26. The van der Waals surface area contributed by atoms with Gasteiger partial charge in [-0.1, -0.05) is 0 Å². The summed E-state index contributed by atoms with van der Waals surface area (Å²) in [5, 5.41) is 30.5. The number of nitro benzene ring substituents is 1. The number of ether oxygens (including phenoxy) is 1. The van der Waals surface area contributed by atoms with Gasteiger partial charge in [-0.15, -0.1) is 0 Å². The van der Waals surface area contributed by atoms with Gasteiger partial charge in [0.15, 0.2) is 10.9 Å². The van der Waals surface area contributed by atoms with Gasteiger partial charge in [-0.05, 0) is 60.7 Å². The number of nitro groups is 1. The summed E-state index contributed by atoms with van der Waals surface area (Å²) in [5.74, 6) is -2.06. The van der Waals surface area contributed by atoms with Crippen LogP contribution in [0.15, 0.2) is 46.3 Å². The molecule has 0 bridgehead atoms. The monoisotopic (exact) mass is 443 g/mol. The standard InChI is InChI=1S/C20H17N3O7S/c1-3-22-18(25)16(10-11-8-14(23(28)29)17(24)15(9-11)30-2)31-20(22)21-13-6-4-12(5-7-13)19(26)27/h4-10,24H,3H2,1-2H3,(H,26,27). The molecule has 0 saturated carbocycles. The smallest absolute Gasteiger partial charge is 0.335 e. The summed E-state index contributed by atoms with van der Waals surface area (Å²) in [6.07, 6.45) is 1.46. The van der Waals surface area contributed by atoms with Crippen LogP contribution in [0.4, 0.5) is 11.4 Å². The van der Waals surface area contributed by atoms with Gasteiger partial charge >= 0.3 is 11.7 Å². The molecular formula is C20H17N3O7S. The number of carboxylic acid groups (broad SMARTS) is 1. The minimum absolute atomic E-state index is 0.0868. The fourth-order valence-corrected chi connectivity index (χ4v) is 3.87. The highest BCUT2D eigenvalue weighted by molar-refractivity contribution is 8.18. The Morgan fingerprint density at radius 1 is 1.32 bits per heavy atom. The molecule has 10 nitrogen and oxygen atoms in total. The molecule has 0 aromatic heterocycles. The molecule has 160 valence electrons. The van der Waals surface area contributed by atoms with E-state index in [0.29, 0.717) is 23.0 Å². The van der Waals surface area contributed by atoms with Crippen LogP contribution in [0.25, 0.3) is 6.08 Å². The number of amides is 1. The fourth-order valence-electron chi connectivity index (χ4n) is 2.80. The third-order valence-corrected chi connectivity index (χ3v) is 5.34. The Morgan fingerprint density at radius 3 is 2.55 bits per heavy atom. The van der Waals surface area contributed by atoms with Crippen molar-refractivity contribution in [2.45, 2.75) is 6.92 Å². The average Bonchev–Trinajstić information content (AvgIpc) is 3.03. The van der Waals surface area contributed by atoms with Crippen molar-refractivity contribution in [2.24, 2.45) is 4.99 Å². The lowest BCUT2D eigenvalue weighted by Gasteiger charge is -2.12. The lowest BCUT2D eigenvalue weighted by molar-refractivity contribution is -0.386. The van der Waals surface area contributed by atoms with Crippen molar-refractivity contribution in [3.8, 4) is 11.5 Å². The van der Waals surface area contributed by atoms with E-state index in [2.05, 4.69) is 4.99 Å². The molecule has 0 radical (unpaired) electrons. The molecule has 11 heteroatoms. The number of carbonyl (C=O) groups is 2. The Bertz CT molecular complexity index is 1130. The van der Waals surface area contributed by atoms with E-state index in [4.69, 9.17) is 9.84 Å². The van der Waals surface area contributed by atoms with Crippen molar-refractivity contribution < 1.29 is 29.5 Å². The van der Waals surface area contributed by atoms with E-state index in [-0.39, 0.29) is 22.1 Å². The number of nitrogens with zero attached hydrogens (tertiary/aromatic N) is 3. The van der Waals surface area contributed by atoms with Crippen LogP contribution < -0.4 is 4.74 Å². The quantitative estimate of drug-likeness (QED) is 0.391. The molecule has 0 atom stereocenters. The highest BCUT2D eigenvalue weighted by Gasteiger charge is 2.32. The van der Waals surface area contributed by atoms with Gasteiger partial charge in [-0.2, -0.15) is 0 Å². The van der Waals surface area contributed by atoms with E-state index < -0.39 is 22.3 Å². The number of methoxy groups -OCH3 is 1. The van der Waals surface area contributed by atoms with Crippen LogP contribution in [0.5, 0.6) is 11.5 Å². The zero-order valence-electron chi connectivity index (χ0n) is 16.4. The normalized spacial score (nSPS) is 16.2. The predicted molar refractivity (Wildman–Crippen MR) is 115 cm³/mol. The Morgan fingerprint density at radius 2 is 2.00 bits per heavy atom. The summed E-state index contributed by atoms with van der Waals surface area (Å²) in [7, 11) is 1.27. The van der Waals surface area contributed by atoms with Crippen molar-refractivity contribution in [1.29, 1.82) is 0 Å². The van der Waals surface area contributed by atoms with E-state index in [0.717, 1.165) is 17.8 Å². The molecular weight excluding hydrogens is 426 g/mol. The van der Waals surface area contributed by atoms with Gasteiger partial charge in [0, 0.05) is 12.6 Å². The number of amidine groups is 1. The van der Waals surface area contributed by atoms with E-state index >= 15 is 0 Å². The Balaban J connectivity index is 1.98. The van der Waals surface area contributed by atoms with Gasteiger partial charge in [0.1, 0.15) is 0 Å². The number of aromatic carboxylic acids is 1. The van der Waals surface area contributed by atoms with E-state index in [1.807, 2.05) is 0 Å². The van der Waals surface area contributed by atoms with Crippen LogP contribution in [0, 0.1) is 10.1 Å². The maximum absolute atomic E-state index is 12.8. The second kappa shape index (κ2) is 8.88. The minimum atomic E-state index is -1.05. The highest BCUT2D eigenvalue weighted by Crippen LogP contribution is 2.39. The summed E-state index contributed by atoms with van der Waals surface area (Å²) in [6.45, 7) is 2.12. The number of phenols is 1. The highest BCUT2D eigenvalue weighted by atomic mass is 32.2. The molecule has 3 rings (SSSR count). The van der Waals surface area contributed by atoms with E-state index in [9.17, 15) is 24.8 Å². The lowest BCUT2D eigenvalue weighted by atomic mass is 10.1. The zero-order valence-corrected chi connectivity index (χ0v) is 17.3. The van der Waals surface area contributed by atoms with Crippen LogP contribution in [-0.4, -0.2) is 50.7 Å². The topological polar surface area (TPSA) is 143 Å². The van der Waals surface area contributed by atoms with Gasteiger partial charge in [0.2, 0.25) is 5.75 Å². The average molecular weight is 443 g/mol. The van der Waals surface area contributed by atoms with Crippen molar-refractivity contribution in [2.75, 3.05) is 13.7 Å². The first-order chi connectivity index (χ1) is 14.7. The third kappa shape index (κ3) is 4.51. The molecule has 1 aliphatic heterocycles. The number of phenolic OH excluding ortho intramolecular Hbond substituents is 1. The Hall–Kier alpha value is -3.86. The predicted octanol–water partition coefficient (Wildman–Crippen LogP) is 3.63. The zero-order chi connectivity index (χ0) is 22.7. The number of carboxylic acids is 1. The van der Waals surface area contributed by atoms with E-state index in [1.54, 1.807) is 6.92 Å². The fraction of sp³-hybridized carbons (Fsp3) is 0.150. The maximum atomic E-state index is 12.8. The first kappa shape index (κ1) is 21.8. The van der Waals surface area contributed by atoms with Gasteiger partial charge < -0.3 is 14.9 Å². The van der Waals surface area contributed by atoms with Gasteiger partial charge in [-0.3, -0.25) is 19.8 Å². The number of likely N-dealkylation sites (N-methyl/N-ethyl adjacent to an activating group) is 1. The molecule has 0 aliphatic carbocycles. The molecule has 0 unspecified atom stereocenters. The number of carbonyl (C=O) groups excluding carboxylic acids is 1. The molecule has 1 heterocycles. The number of aromatic hydroxyl groups is 1. The largest absolute Gasteiger partial charge is 0.500 e. The summed E-state index contributed by atoms with van der Waals surface area (Å²) < 4.78 is 4.99. The molecule has 2 aromatic rings. The van der Waals surface area contributed by atoms with Gasteiger partial charge in [0.25, 0.3) is 5.91 Å². The molecule has 0 spiro atoms. The van der Waals surface area contributed by atoms with Gasteiger partial charge in [-0.25, -0.2) is 9.79 Å². The first-order valence-corrected chi connectivity index (χ1v) is 9.75. The SMILES string of the molecule is CCN1C(=O)C(=Cc2cc(OC)c(O)c([N+](=O)[O-])c2)SC1=Nc1ccc(C(=O)O)cc1. The molecule has 1 aliphatic rings. The van der Waals surface area contributed by atoms with Crippen LogP contribution in [0.2, 0.25) is 0 Å². The number of benzene rings is 2. The molecule has 31 heavy (non-hydrogen) atoms. The van der Waals surface area contributed by atoms with Crippen LogP contribution >= 0.6 is 11.8 Å². The first-order valence-electron chi connectivity index (χ1n) is 8.94. The summed E-state index contributed by atoms with van der Waals surface area (Å²) in [4.78, 5) is 40.4. The number of aliphatic imine (C=N–C) groups is 1. The van der Waals surface area contributed by atoms with E-state index in [1.165, 1.54) is 48.4 Å². The number of hydrogen-bond acceptors (Lipinski definition) is 8. The lowest BCUT2D eigenvalue weighted by Crippen LogP contribution is -2.28. The Labute approximate surface area is 180 Å². The Kier molecular flexibility index (Phi) is 6.25. The van der Waals surface area contributed by atoms with Crippen LogP contribution in [-0.2, 0) is 4.79 Å². The van der Waals surface area contributed by atoms with Crippen molar-refractivity contribution in [1.82, 2.24) is 4.90 Å². The van der Waals surface area contributed by atoms with Gasteiger partial charge in [0.05, 0.1) is 28.2 Å². The van der Waals surface area contributed by atoms with Crippen molar-refractivity contribution in [3.63, 3.8) is 0 Å². The van der Waals surface area contributed by atoms with Crippen LogP contribution in [0.1, 0.15) is 22.8 Å².